The second-order valence-corrected chi connectivity index (χ2v) is 15.6. The monoisotopic (exact) mass is 839 g/mol. The van der Waals surface area contributed by atoms with E-state index in [1.807, 2.05) is 79.2 Å². The lowest BCUT2D eigenvalue weighted by Gasteiger charge is -2.30. The van der Waals surface area contributed by atoms with Crippen LogP contribution in [0, 0.1) is 35.0 Å². The maximum Gasteiger partial charge on any atom is 0.407 e. The lowest BCUT2D eigenvalue weighted by molar-refractivity contribution is -0.137. The van der Waals surface area contributed by atoms with Gasteiger partial charge in [-0.1, -0.05) is 58.6 Å². The molecular weight excluding hydrogens is 783 g/mol. The van der Waals surface area contributed by atoms with E-state index in [0.717, 1.165) is 83.7 Å². The Morgan fingerprint density at radius 3 is 2.18 bits per heavy atom. The summed E-state index contributed by atoms with van der Waals surface area (Å²) in [5.41, 5.74) is 5.52. The summed E-state index contributed by atoms with van der Waals surface area (Å²) in [5, 5.41) is 2.74. The second kappa shape index (κ2) is 19.2. The first kappa shape index (κ1) is 46.7. The molecule has 4 aromatic rings. The highest BCUT2D eigenvalue weighted by Gasteiger charge is 2.55. The van der Waals surface area contributed by atoms with Gasteiger partial charge in [-0.05, 0) is 85.3 Å². The van der Waals surface area contributed by atoms with Gasteiger partial charge in [0.25, 0.3) is 0 Å². The Morgan fingerprint density at radius 1 is 0.857 bits per heavy atom. The number of hydrogen-bond donors (Lipinski definition) is 3. The van der Waals surface area contributed by atoms with Crippen molar-refractivity contribution in [1.82, 2.24) is 35.1 Å². The molecule has 0 radical (unpaired) electrons. The average molecular weight is 840 g/mol. The van der Waals surface area contributed by atoms with Crippen molar-refractivity contribution in [3.63, 3.8) is 0 Å². The summed E-state index contributed by atoms with van der Waals surface area (Å²) in [6.07, 6.45) is 6.14. The zero-order chi connectivity index (χ0) is 36.7. The van der Waals surface area contributed by atoms with Gasteiger partial charge < -0.3 is 29.8 Å². The number of fused-ring (bicyclic) bond motifs is 1. The number of benzene rings is 2. The molecule has 56 heavy (non-hydrogen) atoms. The molecule has 15 heteroatoms. The number of hydrogen-bond acceptors (Lipinski definition) is 6. The summed E-state index contributed by atoms with van der Waals surface area (Å²) >= 11 is 0. The van der Waals surface area contributed by atoms with Crippen molar-refractivity contribution in [2.75, 3.05) is 20.2 Å². The minimum atomic E-state index is -0.677. The minimum Gasteiger partial charge on any atom is -0.453 e. The van der Waals surface area contributed by atoms with E-state index in [1.165, 1.54) is 7.11 Å². The molecule has 1 aliphatic carbocycles. The molecule has 1 spiro atoms. The fourth-order valence-corrected chi connectivity index (χ4v) is 7.61. The van der Waals surface area contributed by atoms with Crippen LogP contribution in [0.4, 0.5) is 4.79 Å². The van der Waals surface area contributed by atoms with Crippen molar-refractivity contribution >= 4 is 82.9 Å². The number of likely N-dealkylation sites (tertiary alicyclic amines) is 2. The highest BCUT2D eigenvalue weighted by Crippen LogP contribution is 2.58. The third-order valence-corrected chi connectivity index (χ3v) is 11.3. The van der Waals surface area contributed by atoms with Crippen LogP contribution in [0.2, 0.25) is 0 Å². The predicted octanol–water partition coefficient (Wildman–Crippen LogP) is 7.19. The van der Waals surface area contributed by atoms with Gasteiger partial charge in [0.05, 0.1) is 42.1 Å². The van der Waals surface area contributed by atoms with Crippen LogP contribution in [0.5, 0.6) is 0 Å². The maximum atomic E-state index is 13.8. The van der Waals surface area contributed by atoms with Crippen LogP contribution in [-0.4, -0.2) is 73.9 Å². The molecule has 304 valence electrons. The van der Waals surface area contributed by atoms with E-state index in [-0.39, 0.29) is 95.1 Å². The lowest BCUT2D eigenvalue weighted by Crippen LogP contribution is -2.51. The Hall–Kier alpha value is -3.71. The van der Waals surface area contributed by atoms with Crippen molar-refractivity contribution < 1.29 is 19.1 Å². The van der Waals surface area contributed by atoms with E-state index < -0.39 is 12.1 Å². The van der Waals surface area contributed by atoms with Gasteiger partial charge in [0.2, 0.25) is 11.8 Å². The molecule has 7 rings (SSSR count). The molecular formula is C41H57N7O4S4. The van der Waals surface area contributed by atoms with E-state index in [0.29, 0.717) is 12.5 Å². The van der Waals surface area contributed by atoms with Gasteiger partial charge in [-0.25, -0.2) is 14.8 Å². The van der Waals surface area contributed by atoms with Gasteiger partial charge in [0, 0.05) is 30.1 Å². The van der Waals surface area contributed by atoms with Crippen LogP contribution in [0.3, 0.4) is 0 Å². The Kier molecular flexibility index (Phi) is 16.0. The van der Waals surface area contributed by atoms with E-state index >= 15 is 0 Å². The number of carbonyl (C=O) groups is 3. The maximum absolute atomic E-state index is 13.8. The summed E-state index contributed by atoms with van der Waals surface area (Å²) < 4.78 is 4.80. The Balaban J connectivity index is 0.00000210. The average Bonchev–Trinajstić information content (AvgIpc) is 3.63. The summed E-state index contributed by atoms with van der Waals surface area (Å²) in [5.74, 6) is 8.46. The van der Waals surface area contributed by atoms with E-state index in [4.69, 9.17) is 14.7 Å². The lowest BCUT2D eigenvalue weighted by atomic mass is 9.96. The smallest absolute Gasteiger partial charge is 0.407 e. The summed E-state index contributed by atoms with van der Waals surface area (Å²) in [6, 6.07) is 13.1. The van der Waals surface area contributed by atoms with Crippen LogP contribution in [-0.2, 0) is 14.3 Å². The third-order valence-electron chi connectivity index (χ3n) is 11.3. The quantitative estimate of drug-likeness (QED) is 0.161. The van der Waals surface area contributed by atoms with Gasteiger partial charge >= 0.3 is 6.09 Å². The van der Waals surface area contributed by atoms with E-state index in [1.54, 1.807) is 0 Å². The number of carbonyl (C=O) groups excluding carboxylic acids is 3. The first-order chi connectivity index (χ1) is 24.9. The third kappa shape index (κ3) is 9.69. The highest BCUT2D eigenvalue weighted by molar-refractivity contribution is 7.59. The van der Waals surface area contributed by atoms with Gasteiger partial charge in [0.1, 0.15) is 17.7 Å². The molecule has 3 fully saturated rings. The number of imidazole rings is 2. The number of alkyl carbamates (subject to hydrolysis) is 1. The zero-order valence-corrected chi connectivity index (χ0v) is 37.0. The number of nitrogens with zero attached hydrogens (tertiary/aromatic N) is 4. The fraction of sp³-hybridized carbons (Fsp3) is 0.488. The van der Waals surface area contributed by atoms with Crippen molar-refractivity contribution in [2.24, 2.45) is 23.2 Å². The minimum absolute atomic E-state index is 0. The zero-order valence-electron chi connectivity index (χ0n) is 33.0. The molecule has 2 aromatic heterocycles. The van der Waals surface area contributed by atoms with Crippen molar-refractivity contribution in [3.05, 3.63) is 71.4 Å². The van der Waals surface area contributed by atoms with Gasteiger partial charge in [0.15, 0.2) is 0 Å². The van der Waals surface area contributed by atoms with Gasteiger partial charge in [-0.2, -0.15) is 54.0 Å². The van der Waals surface area contributed by atoms with Crippen LogP contribution in [0.15, 0.2) is 48.7 Å². The number of aromatic amines is 2. The van der Waals surface area contributed by atoms with E-state index in [9.17, 15) is 14.4 Å². The fourth-order valence-electron chi connectivity index (χ4n) is 7.61. The molecule has 0 bridgehead atoms. The van der Waals surface area contributed by atoms with Gasteiger partial charge in [-0.3, -0.25) is 9.59 Å². The van der Waals surface area contributed by atoms with Crippen molar-refractivity contribution in [3.8, 4) is 23.1 Å². The summed E-state index contributed by atoms with van der Waals surface area (Å²) in [6.45, 7) is 11.5. The topological polar surface area (TPSA) is 136 Å². The van der Waals surface area contributed by atoms with Crippen LogP contribution in [0.25, 0.3) is 22.3 Å². The number of ether oxygens (including phenoxy) is 1. The van der Waals surface area contributed by atoms with Gasteiger partial charge in [-0.15, -0.1) is 0 Å². The summed E-state index contributed by atoms with van der Waals surface area (Å²) in [4.78, 5) is 59.5. The molecule has 2 aromatic carbocycles. The Bertz CT molecular complexity index is 2050. The first-order valence-electron chi connectivity index (χ1n) is 18.6. The van der Waals surface area contributed by atoms with Crippen LogP contribution < -0.4 is 5.32 Å². The number of rotatable bonds is 8. The molecule has 3 N–H and O–H groups in total. The number of H-pyrrole nitrogens is 2. The molecule has 4 atom stereocenters. The predicted molar refractivity (Wildman–Crippen MR) is 240 cm³/mol. The molecule has 2 saturated heterocycles. The summed E-state index contributed by atoms with van der Waals surface area (Å²) in [7, 11) is 1.31. The van der Waals surface area contributed by atoms with Crippen LogP contribution in [0.1, 0.15) is 102 Å². The standard InChI is InChI=1S/C41H49N7O4.4H2S/c1-24(2)26(5)38(49)47-19-7-8-33(47)37-43-30-16-13-28(20-31(30)44-37)10-9-27-11-14-29(15-12-27)32-22-42-36(45-32)34-21-41(17-18-41)23-48(34)39(50)35(25(3)4)46-40(51)52-6;;;;/h11-16,20,22,24-26,33-35H,7-8,17-19,21,23H2,1-6H3,(H,42,45)(H,43,44)(H,46,51);4*1H2/t26-,33-,34-,35-;;;;/m0..../s1. The second-order valence-electron chi connectivity index (χ2n) is 15.6. The number of aromatic nitrogens is 4. The molecule has 1 saturated carbocycles. The number of nitrogens with one attached hydrogen (secondary N) is 3. The highest BCUT2D eigenvalue weighted by atomic mass is 32.1. The van der Waals surface area contributed by atoms with Crippen LogP contribution >= 0.6 is 54.0 Å². The number of methoxy groups -OCH3 is 1. The number of amides is 3. The van der Waals surface area contributed by atoms with Crippen molar-refractivity contribution in [2.45, 2.75) is 84.8 Å². The molecule has 4 heterocycles. The normalized spacial score (nSPS) is 18.9. The Labute approximate surface area is 358 Å². The van der Waals surface area contributed by atoms with Crippen molar-refractivity contribution in [1.29, 1.82) is 0 Å². The Morgan fingerprint density at radius 2 is 1.54 bits per heavy atom. The molecule has 11 nitrogen and oxygen atoms in total. The van der Waals surface area contributed by atoms with E-state index in [2.05, 4.69) is 41.0 Å². The SMILES string of the molecule is COC(=O)N[C@H](C(=O)N1CC2(CC2)C[C@H]1c1ncc(-c2ccc(C#Cc3ccc4nc([C@@H]5CCCN5C(=O)[C@@H](C)C(C)C)[nH]c4c3)cc2)[nH]1)C(C)C.S.S.S.S. The molecule has 2 aliphatic heterocycles. The largest absolute Gasteiger partial charge is 0.453 e. The first-order valence-corrected chi connectivity index (χ1v) is 18.6. The molecule has 3 aliphatic rings. The molecule has 0 unspecified atom stereocenters. The molecule has 3 amide bonds.